The van der Waals surface area contributed by atoms with Crippen LogP contribution in [0.2, 0.25) is 0 Å². The lowest BCUT2D eigenvalue weighted by Crippen LogP contribution is -2.05. The molecule has 4 aromatic rings. The molecule has 1 aromatic heterocycles. The zero-order valence-electron chi connectivity index (χ0n) is 15.8. The normalized spacial score (nSPS) is 10.7. The molecule has 0 bridgehead atoms. The van der Waals surface area contributed by atoms with Gasteiger partial charge >= 0.3 is 0 Å². The van der Waals surface area contributed by atoms with Crippen molar-refractivity contribution in [3.8, 4) is 0 Å². The smallest absolute Gasteiger partial charge is 0.274 e. The first-order chi connectivity index (χ1) is 14.2. The highest BCUT2D eigenvalue weighted by Crippen LogP contribution is 2.32. The molecule has 2 N–H and O–H groups in total. The molecule has 0 aliphatic rings. The minimum Gasteiger partial charge on any atom is -0.337 e. The van der Waals surface area contributed by atoms with Gasteiger partial charge in [0.1, 0.15) is 5.52 Å². The third kappa shape index (κ3) is 3.84. The number of hydrogen-bond acceptors (Lipinski definition) is 6. The highest BCUT2D eigenvalue weighted by atomic mass is 16.6. The Morgan fingerprint density at radius 1 is 0.828 bits per heavy atom. The molecule has 0 unspecified atom stereocenters. The number of aryl methyl sites for hydroxylation is 1. The Labute approximate surface area is 167 Å². The molecule has 1 heterocycles. The molecule has 0 saturated heterocycles. The second kappa shape index (κ2) is 7.93. The van der Waals surface area contributed by atoms with Gasteiger partial charge in [0.2, 0.25) is 0 Å². The molecule has 7 heteroatoms. The van der Waals surface area contributed by atoms with Gasteiger partial charge in [-0.05, 0) is 36.8 Å². The van der Waals surface area contributed by atoms with E-state index in [1.807, 2.05) is 67.6 Å². The van der Waals surface area contributed by atoms with Crippen LogP contribution in [0.1, 0.15) is 12.5 Å². The number of hydrogen-bond donors (Lipinski definition) is 2. The summed E-state index contributed by atoms with van der Waals surface area (Å²) in [4.78, 5) is 20.5. The van der Waals surface area contributed by atoms with Gasteiger partial charge in [-0.2, -0.15) is 0 Å². The third-order valence-corrected chi connectivity index (χ3v) is 4.54. The molecule has 0 aliphatic carbocycles. The summed E-state index contributed by atoms with van der Waals surface area (Å²) in [6.45, 7) is 1.88. The zero-order chi connectivity index (χ0) is 20.2. The number of anilines is 4. The number of fused-ring (bicyclic) bond motifs is 1. The maximum absolute atomic E-state index is 11.4. The maximum Gasteiger partial charge on any atom is 0.274 e. The molecular weight excluding hydrogens is 366 g/mol. The quantitative estimate of drug-likeness (QED) is 0.332. The summed E-state index contributed by atoms with van der Waals surface area (Å²) in [5.41, 5.74) is 3.48. The van der Waals surface area contributed by atoms with Gasteiger partial charge in [-0.25, -0.2) is 9.97 Å². The molecule has 0 spiro atoms. The SMILES string of the molecule is CCc1c([N+](=O)[O-])ccc2nc(Nc3ccccc3)c(Nc3ccccc3)nc12. The predicted octanol–water partition coefficient (Wildman–Crippen LogP) is 5.59. The van der Waals surface area contributed by atoms with Crippen molar-refractivity contribution in [3.05, 3.63) is 88.5 Å². The first kappa shape index (κ1) is 18.4. The molecule has 29 heavy (non-hydrogen) atoms. The minimum atomic E-state index is -0.375. The van der Waals surface area contributed by atoms with Gasteiger partial charge in [0.15, 0.2) is 11.6 Å². The van der Waals surface area contributed by atoms with Crippen LogP contribution in [0.25, 0.3) is 11.0 Å². The second-order valence-corrected chi connectivity index (χ2v) is 6.44. The Balaban J connectivity index is 1.88. The number of nitrogens with one attached hydrogen (secondary N) is 2. The molecule has 3 aromatic carbocycles. The van der Waals surface area contributed by atoms with Crippen LogP contribution < -0.4 is 10.6 Å². The molecule has 0 atom stereocenters. The molecule has 4 rings (SSSR count). The van der Waals surface area contributed by atoms with Crippen molar-refractivity contribution in [2.24, 2.45) is 0 Å². The summed E-state index contributed by atoms with van der Waals surface area (Å²) in [5.74, 6) is 1.05. The van der Waals surface area contributed by atoms with E-state index in [9.17, 15) is 10.1 Å². The van der Waals surface area contributed by atoms with Crippen LogP contribution in [0, 0.1) is 10.1 Å². The largest absolute Gasteiger partial charge is 0.337 e. The first-order valence-electron chi connectivity index (χ1n) is 9.28. The number of nitro groups is 1. The monoisotopic (exact) mass is 385 g/mol. The molecular formula is C22H19N5O2. The molecule has 0 saturated carbocycles. The molecule has 0 radical (unpaired) electrons. The molecule has 0 aliphatic heterocycles. The van der Waals surface area contributed by atoms with Gasteiger partial charge < -0.3 is 10.6 Å². The van der Waals surface area contributed by atoms with Crippen LogP contribution >= 0.6 is 0 Å². The van der Waals surface area contributed by atoms with Crippen molar-refractivity contribution in [1.29, 1.82) is 0 Å². The Bertz CT molecular complexity index is 1160. The standard InChI is InChI=1S/C22H19N5O2/c1-2-17-19(27(28)29)14-13-18-20(17)26-22(24-16-11-7-4-8-12-16)21(25-18)23-15-9-5-3-6-10-15/h3-14H,2H2,1H3,(H,23,25)(H,24,26). The van der Waals surface area contributed by atoms with Gasteiger partial charge in [-0.15, -0.1) is 0 Å². The number of aromatic nitrogens is 2. The van der Waals surface area contributed by atoms with Crippen LogP contribution in [-0.2, 0) is 6.42 Å². The van der Waals surface area contributed by atoms with Crippen molar-refractivity contribution in [2.75, 3.05) is 10.6 Å². The molecule has 7 nitrogen and oxygen atoms in total. The Morgan fingerprint density at radius 3 is 1.90 bits per heavy atom. The fraction of sp³-hybridized carbons (Fsp3) is 0.0909. The lowest BCUT2D eigenvalue weighted by Gasteiger charge is -2.14. The zero-order valence-corrected chi connectivity index (χ0v) is 15.8. The average molecular weight is 385 g/mol. The van der Waals surface area contributed by atoms with Crippen LogP contribution in [-0.4, -0.2) is 14.9 Å². The van der Waals surface area contributed by atoms with Crippen molar-refractivity contribution >= 4 is 39.7 Å². The number of rotatable bonds is 6. The summed E-state index contributed by atoms with van der Waals surface area (Å²) >= 11 is 0. The van der Waals surface area contributed by atoms with Crippen LogP contribution in [0.4, 0.5) is 28.7 Å². The van der Waals surface area contributed by atoms with Crippen LogP contribution in [0.15, 0.2) is 72.8 Å². The van der Waals surface area contributed by atoms with E-state index in [-0.39, 0.29) is 10.6 Å². The average Bonchev–Trinajstić information content (AvgIpc) is 2.74. The van der Waals surface area contributed by atoms with E-state index in [0.717, 1.165) is 11.4 Å². The number of para-hydroxylation sites is 2. The van der Waals surface area contributed by atoms with Gasteiger partial charge in [0.05, 0.1) is 16.0 Å². The highest BCUT2D eigenvalue weighted by molar-refractivity contribution is 5.87. The number of nitro benzene ring substituents is 1. The molecule has 0 amide bonds. The van der Waals surface area contributed by atoms with Crippen molar-refractivity contribution in [2.45, 2.75) is 13.3 Å². The Kier molecular flexibility index (Phi) is 5.03. The molecule has 0 fully saturated rings. The van der Waals surface area contributed by atoms with Gasteiger partial charge in [-0.1, -0.05) is 43.3 Å². The fourth-order valence-electron chi connectivity index (χ4n) is 3.18. The van der Waals surface area contributed by atoms with E-state index in [2.05, 4.69) is 10.6 Å². The lowest BCUT2D eigenvalue weighted by atomic mass is 10.1. The van der Waals surface area contributed by atoms with Crippen molar-refractivity contribution in [1.82, 2.24) is 9.97 Å². The van der Waals surface area contributed by atoms with E-state index in [0.29, 0.717) is 34.7 Å². The lowest BCUT2D eigenvalue weighted by molar-refractivity contribution is -0.385. The van der Waals surface area contributed by atoms with E-state index < -0.39 is 0 Å². The van der Waals surface area contributed by atoms with E-state index in [1.54, 1.807) is 6.07 Å². The van der Waals surface area contributed by atoms with E-state index in [4.69, 9.17) is 9.97 Å². The van der Waals surface area contributed by atoms with Gasteiger partial charge in [0.25, 0.3) is 5.69 Å². The van der Waals surface area contributed by atoms with E-state index >= 15 is 0 Å². The summed E-state index contributed by atoms with van der Waals surface area (Å²) in [7, 11) is 0. The Morgan fingerprint density at radius 2 is 1.38 bits per heavy atom. The second-order valence-electron chi connectivity index (χ2n) is 6.44. The predicted molar refractivity (Wildman–Crippen MR) is 115 cm³/mol. The minimum absolute atomic E-state index is 0.0590. The topological polar surface area (TPSA) is 93.0 Å². The van der Waals surface area contributed by atoms with Gasteiger partial charge in [0, 0.05) is 17.4 Å². The van der Waals surface area contributed by atoms with Crippen LogP contribution in [0.3, 0.4) is 0 Å². The number of nitrogens with zero attached hydrogens (tertiary/aromatic N) is 3. The summed E-state index contributed by atoms with van der Waals surface area (Å²) < 4.78 is 0. The maximum atomic E-state index is 11.4. The first-order valence-corrected chi connectivity index (χ1v) is 9.28. The highest BCUT2D eigenvalue weighted by Gasteiger charge is 2.19. The number of benzene rings is 3. The summed E-state index contributed by atoms with van der Waals surface area (Å²) in [5, 5.41) is 18.0. The van der Waals surface area contributed by atoms with Gasteiger partial charge in [-0.3, -0.25) is 10.1 Å². The summed E-state index contributed by atoms with van der Waals surface area (Å²) in [6.07, 6.45) is 0.485. The fourth-order valence-corrected chi connectivity index (χ4v) is 3.18. The van der Waals surface area contributed by atoms with E-state index in [1.165, 1.54) is 6.07 Å². The Hall–Kier alpha value is -4.00. The molecule has 144 valence electrons. The summed E-state index contributed by atoms with van der Waals surface area (Å²) in [6, 6.07) is 22.4. The van der Waals surface area contributed by atoms with Crippen molar-refractivity contribution in [3.63, 3.8) is 0 Å². The van der Waals surface area contributed by atoms with Crippen LogP contribution in [0.5, 0.6) is 0 Å². The van der Waals surface area contributed by atoms with Crippen molar-refractivity contribution < 1.29 is 4.92 Å². The third-order valence-electron chi connectivity index (χ3n) is 4.54.